The Morgan fingerprint density at radius 2 is 1.92 bits per heavy atom. The third-order valence-electron chi connectivity index (χ3n) is 4.37. The second-order valence-corrected chi connectivity index (χ2v) is 6.01. The van der Waals surface area contributed by atoms with Gasteiger partial charge in [-0.2, -0.15) is 0 Å². The van der Waals surface area contributed by atoms with Gasteiger partial charge in [0.25, 0.3) is 5.91 Å². The Morgan fingerprint density at radius 1 is 1.23 bits per heavy atom. The highest BCUT2D eigenvalue weighted by Crippen LogP contribution is 2.23. The van der Waals surface area contributed by atoms with Crippen molar-refractivity contribution in [1.29, 1.82) is 0 Å². The van der Waals surface area contributed by atoms with Gasteiger partial charge in [-0.25, -0.2) is 14.1 Å². The standard InChI is InChI=1S/C18H23FN4O3/c1-3-22(4-2)11-7-10-20-12-13-16(24)21-18(26)23(17(13)25)15-9-6-5-8-14(15)19/h5-6,8-9,12-13H,3-4,7,10-11H2,1-2H3,(H,21,24,26)/p+1. The number of urea groups is 1. The number of benzene rings is 1. The lowest BCUT2D eigenvalue weighted by Gasteiger charge is -2.28. The number of barbiturate groups is 1. The first kappa shape index (κ1) is 19.7. The summed E-state index contributed by atoms with van der Waals surface area (Å²) in [6.45, 7) is 7.72. The second-order valence-electron chi connectivity index (χ2n) is 6.01. The Bertz CT molecular complexity index is 703. The number of imide groups is 2. The zero-order valence-corrected chi connectivity index (χ0v) is 15.0. The van der Waals surface area contributed by atoms with E-state index in [0.29, 0.717) is 11.4 Å². The van der Waals surface area contributed by atoms with Gasteiger partial charge in [-0.3, -0.25) is 19.9 Å². The van der Waals surface area contributed by atoms with Crippen LogP contribution in [0.5, 0.6) is 0 Å². The summed E-state index contributed by atoms with van der Waals surface area (Å²) >= 11 is 0. The number of aliphatic imine (C=N–C) groups is 1. The van der Waals surface area contributed by atoms with Crippen molar-refractivity contribution < 1.29 is 23.7 Å². The molecule has 1 aromatic carbocycles. The number of hydrogen-bond donors (Lipinski definition) is 2. The summed E-state index contributed by atoms with van der Waals surface area (Å²) in [6.07, 6.45) is 2.07. The summed E-state index contributed by atoms with van der Waals surface area (Å²) in [5.41, 5.74) is -0.189. The molecule has 26 heavy (non-hydrogen) atoms. The molecular weight excluding hydrogens is 339 g/mol. The number of rotatable bonds is 8. The average molecular weight is 363 g/mol. The van der Waals surface area contributed by atoms with E-state index in [0.717, 1.165) is 32.1 Å². The van der Waals surface area contributed by atoms with Gasteiger partial charge in [-0.1, -0.05) is 12.1 Å². The summed E-state index contributed by atoms with van der Waals surface area (Å²) in [5.74, 6) is -3.51. The van der Waals surface area contributed by atoms with Gasteiger partial charge in [0, 0.05) is 19.2 Å². The first-order valence-corrected chi connectivity index (χ1v) is 8.76. The fourth-order valence-electron chi connectivity index (χ4n) is 2.79. The highest BCUT2D eigenvalue weighted by atomic mass is 19.1. The van der Waals surface area contributed by atoms with Gasteiger partial charge in [0.2, 0.25) is 5.91 Å². The van der Waals surface area contributed by atoms with Gasteiger partial charge in [0.15, 0.2) is 5.92 Å². The molecule has 1 saturated heterocycles. The maximum Gasteiger partial charge on any atom is 0.335 e. The lowest BCUT2D eigenvalue weighted by Crippen LogP contribution is -3.11. The number of halogens is 1. The lowest BCUT2D eigenvalue weighted by atomic mass is 10.1. The predicted octanol–water partition coefficient (Wildman–Crippen LogP) is 0.410. The van der Waals surface area contributed by atoms with Crippen LogP contribution in [0.15, 0.2) is 29.3 Å². The van der Waals surface area contributed by atoms with E-state index in [1.54, 1.807) is 0 Å². The molecule has 0 saturated carbocycles. The van der Waals surface area contributed by atoms with Crippen molar-refractivity contribution in [1.82, 2.24) is 5.32 Å². The molecule has 2 N–H and O–H groups in total. The number of nitrogens with zero attached hydrogens (tertiary/aromatic N) is 2. The molecule has 1 heterocycles. The summed E-state index contributed by atoms with van der Waals surface area (Å²) in [7, 11) is 0. The molecule has 0 aliphatic carbocycles. The van der Waals surface area contributed by atoms with Crippen molar-refractivity contribution in [2.75, 3.05) is 31.1 Å². The number of hydrogen-bond acceptors (Lipinski definition) is 4. The van der Waals surface area contributed by atoms with Crippen LogP contribution >= 0.6 is 0 Å². The second kappa shape index (κ2) is 9.19. The zero-order chi connectivity index (χ0) is 19.1. The molecule has 1 aromatic rings. The van der Waals surface area contributed by atoms with E-state index in [1.807, 2.05) is 0 Å². The molecule has 1 fully saturated rings. The summed E-state index contributed by atoms with van der Waals surface area (Å²) in [6, 6.07) is 4.45. The monoisotopic (exact) mass is 363 g/mol. The fraction of sp³-hybridized carbons (Fsp3) is 0.444. The van der Waals surface area contributed by atoms with Crippen molar-refractivity contribution in [2.45, 2.75) is 20.3 Å². The smallest absolute Gasteiger partial charge is 0.335 e. The van der Waals surface area contributed by atoms with Gasteiger partial charge in [0.05, 0.1) is 25.3 Å². The van der Waals surface area contributed by atoms with Crippen LogP contribution in [-0.4, -0.2) is 50.2 Å². The van der Waals surface area contributed by atoms with Crippen LogP contribution in [0.2, 0.25) is 0 Å². The van der Waals surface area contributed by atoms with Crippen LogP contribution in [-0.2, 0) is 9.59 Å². The van der Waals surface area contributed by atoms with Gasteiger partial charge in [0.1, 0.15) is 5.82 Å². The predicted molar refractivity (Wildman–Crippen MR) is 95.8 cm³/mol. The largest absolute Gasteiger partial charge is 0.335 e. The van der Waals surface area contributed by atoms with Crippen molar-refractivity contribution in [3.05, 3.63) is 30.1 Å². The van der Waals surface area contributed by atoms with E-state index in [-0.39, 0.29) is 5.69 Å². The molecule has 2 rings (SSSR count). The minimum atomic E-state index is -1.24. The molecule has 1 aliphatic rings. The summed E-state index contributed by atoms with van der Waals surface area (Å²) in [5, 5.41) is 2.08. The van der Waals surface area contributed by atoms with Crippen molar-refractivity contribution >= 4 is 29.7 Å². The SMILES string of the molecule is CC[NH+](CC)CCCN=CC1C(=O)NC(=O)N(c2ccccc2F)C1=O. The molecule has 8 heteroatoms. The van der Waals surface area contributed by atoms with Gasteiger partial charge in [-0.15, -0.1) is 0 Å². The van der Waals surface area contributed by atoms with E-state index >= 15 is 0 Å². The molecule has 140 valence electrons. The number of carbonyl (C=O) groups is 3. The first-order valence-electron chi connectivity index (χ1n) is 8.76. The molecule has 1 unspecified atom stereocenters. The number of carbonyl (C=O) groups excluding carboxylic acids is 3. The molecular formula is C18H24FN4O3+. The average Bonchev–Trinajstić information content (AvgIpc) is 2.62. The van der Waals surface area contributed by atoms with E-state index in [1.165, 1.54) is 29.3 Å². The number of amides is 4. The van der Waals surface area contributed by atoms with Gasteiger partial charge in [-0.05, 0) is 26.0 Å². The van der Waals surface area contributed by atoms with E-state index in [2.05, 4.69) is 24.2 Å². The molecule has 0 aromatic heterocycles. The quantitative estimate of drug-likeness (QED) is 0.399. The van der Waals surface area contributed by atoms with E-state index in [4.69, 9.17) is 0 Å². The minimum absolute atomic E-state index is 0.189. The summed E-state index contributed by atoms with van der Waals surface area (Å²) < 4.78 is 13.9. The third kappa shape index (κ3) is 4.51. The Balaban J connectivity index is 2.05. The zero-order valence-electron chi connectivity index (χ0n) is 15.0. The maximum absolute atomic E-state index is 13.9. The molecule has 0 spiro atoms. The van der Waals surface area contributed by atoms with Crippen LogP contribution in [0, 0.1) is 11.7 Å². The third-order valence-corrected chi connectivity index (χ3v) is 4.37. The molecule has 1 aliphatic heterocycles. The normalized spacial score (nSPS) is 18.1. The van der Waals surface area contributed by atoms with Crippen LogP contribution in [0.1, 0.15) is 20.3 Å². The number of quaternary nitrogens is 1. The Kier molecular flexibility index (Phi) is 6.97. The highest BCUT2D eigenvalue weighted by molar-refractivity contribution is 6.32. The van der Waals surface area contributed by atoms with Crippen LogP contribution in [0.25, 0.3) is 0 Å². The highest BCUT2D eigenvalue weighted by Gasteiger charge is 2.41. The lowest BCUT2D eigenvalue weighted by molar-refractivity contribution is -0.896. The Morgan fingerprint density at radius 3 is 2.58 bits per heavy atom. The molecule has 0 radical (unpaired) electrons. The van der Waals surface area contributed by atoms with E-state index in [9.17, 15) is 18.8 Å². The number of nitrogens with one attached hydrogen (secondary N) is 2. The van der Waals surface area contributed by atoms with Crippen LogP contribution < -0.4 is 15.1 Å². The molecule has 4 amide bonds. The molecule has 0 bridgehead atoms. The van der Waals surface area contributed by atoms with Crippen LogP contribution in [0.4, 0.5) is 14.9 Å². The first-order chi connectivity index (χ1) is 12.5. The number of para-hydroxylation sites is 1. The van der Waals surface area contributed by atoms with Crippen molar-refractivity contribution in [3.63, 3.8) is 0 Å². The van der Waals surface area contributed by atoms with Crippen molar-refractivity contribution in [3.8, 4) is 0 Å². The number of anilines is 1. The Hall–Kier alpha value is -2.61. The topological polar surface area (TPSA) is 83.3 Å². The molecule has 1 atom stereocenters. The summed E-state index contributed by atoms with van der Waals surface area (Å²) in [4.78, 5) is 42.8. The van der Waals surface area contributed by atoms with Gasteiger partial charge < -0.3 is 4.90 Å². The fourth-order valence-corrected chi connectivity index (χ4v) is 2.79. The van der Waals surface area contributed by atoms with Gasteiger partial charge >= 0.3 is 6.03 Å². The molecule has 7 nitrogen and oxygen atoms in total. The van der Waals surface area contributed by atoms with Crippen LogP contribution in [0.3, 0.4) is 0 Å². The Labute approximate surface area is 151 Å². The van der Waals surface area contributed by atoms with Crippen molar-refractivity contribution in [2.24, 2.45) is 10.9 Å². The van der Waals surface area contributed by atoms with E-state index < -0.39 is 29.6 Å². The minimum Gasteiger partial charge on any atom is -0.335 e. The maximum atomic E-state index is 13.9.